The zero-order valence-electron chi connectivity index (χ0n) is 10.2. The molecular weight excluding hydrogens is 224 g/mol. The standard InChI is InChI=1S/C12H24N2O.ClH/c1-2-10-3-5-11(6-4-10)9-14-12(15)7-8-13;/h10-11H,2-9,13H2,1H3,(H,14,15);1H. The van der Waals surface area contributed by atoms with Crippen molar-refractivity contribution in [1.29, 1.82) is 0 Å². The maximum atomic E-state index is 11.2. The van der Waals surface area contributed by atoms with E-state index in [2.05, 4.69) is 12.2 Å². The van der Waals surface area contributed by atoms with Gasteiger partial charge in [0.05, 0.1) is 0 Å². The lowest BCUT2D eigenvalue weighted by molar-refractivity contribution is -0.121. The average Bonchev–Trinajstić information content (AvgIpc) is 2.27. The normalized spacial score (nSPS) is 24.6. The quantitative estimate of drug-likeness (QED) is 0.783. The van der Waals surface area contributed by atoms with Gasteiger partial charge in [0.2, 0.25) is 5.91 Å². The summed E-state index contributed by atoms with van der Waals surface area (Å²) in [6.07, 6.45) is 7.02. The van der Waals surface area contributed by atoms with Crippen molar-refractivity contribution in [3.63, 3.8) is 0 Å². The summed E-state index contributed by atoms with van der Waals surface area (Å²) in [5.74, 6) is 1.74. The van der Waals surface area contributed by atoms with Gasteiger partial charge >= 0.3 is 0 Å². The minimum Gasteiger partial charge on any atom is -0.356 e. The molecule has 1 amide bonds. The van der Waals surface area contributed by atoms with Gasteiger partial charge in [0, 0.05) is 19.5 Å². The number of amides is 1. The topological polar surface area (TPSA) is 55.1 Å². The molecule has 0 radical (unpaired) electrons. The van der Waals surface area contributed by atoms with Crippen molar-refractivity contribution in [2.75, 3.05) is 13.1 Å². The fourth-order valence-electron chi connectivity index (χ4n) is 2.32. The van der Waals surface area contributed by atoms with Crippen molar-refractivity contribution >= 4 is 18.3 Å². The molecule has 0 unspecified atom stereocenters. The molecule has 1 fully saturated rings. The van der Waals surface area contributed by atoms with Crippen molar-refractivity contribution in [2.45, 2.75) is 45.4 Å². The highest BCUT2D eigenvalue weighted by Crippen LogP contribution is 2.29. The van der Waals surface area contributed by atoms with Crippen LogP contribution >= 0.6 is 12.4 Å². The van der Waals surface area contributed by atoms with Crippen LogP contribution in [0, 0.1) is 11.8 Å². The van der Waals surface area contributed by atoms with Gasteiger partial charge in [-0.2, -0.15) is 0 Å². The van der Waals surface area contributed by atoms with Gasteiger partial charge in [-0.15, -0.1) is 12.4 Å². The van der Waals surface area contributed by atoms with Gasteiger partial charge in [-0.05, 0) is 24.7 Å². The first-order valence-corrected chi connectivity index (χ1v) is 6.23. The number of hydrogen-bond acceptors (Lipinski definition) is 2. The third-order valence-electron chi connectivity index (χ3n) is 3.50. The first-order valence-electron chi connectivity index (χ1n) is 6.23. The molecule has 1 rings (SSSR count). The highest BCUT2D eigenvalue weighted by molar-refractivity contribution is 5.85. The number of hydrogen-bond donors (Lipinski definition) is 2. The molecule has 16 heavy (non-hydrogen) atoms. The molecule has 1 aliphatic carbocycles. The van der Waals surface area contributed by atoms with E-state index < -0.39 is 0 Å². The minimum atomic E-state index is 0. The van der Waals surface area contributed by atoms with Gasteiger partial charge in [-0.1, -0.05) is 26.2 Å². The second kappa shape index (κ2) is 8.82. The number of carbonyl (C=O) groups excluding carboxylic acids is 1. The van der Waals surface area contributed by atoms with Gasteiger partial charge in [0.1, 0.15) is 0 Å². The Hall–Kier alpha value is -0.280. The number of carbonyl (C=O) groups is 1. The summed E-state index contributed by atoms with van der Waals surface area (Å²) < 4.78 is 0. The van der Waals surface area contributed by atoms with Crippen LogP contribution in [0.15, 0.2) is 0 Å². The maximum Gasteiger partial charge on any atom is 0.221 e. The average molecular weight is 249 g/mol. The molecule has 0 aromatic rings. The van der Waals surface area contributed by atoms with Crippen molar-refractivity contribution in [2.24, 2.45) is 17.6 Å². The number of nitrogens with two attached hydrogens (primary N) is 1. The third-order valence-corrected chi connectivity index (χ3v) is 3.50. The summed E-state index contributed by atoms with van der Waals surface area (Å²) in [5, 5.41) is 2.97. The molecule has 0 bridgehead atoms. The molecule has 1 aliphatic rings. The Kier molecular flexibility index (Phi) is 8.67. The Bertz CT molecular complexity index is 191. The Balaban J connectivity index is 0.00000225. The molecule has 0 aromatic heterocycles. The Morgan fingerprint density at radius 2 is 1.81 bits per heavy atom. The van der Waals surface area contributed by atoms with Crippen molar-refractivity contribution in [1.82, 2.24) is 5.32 Å². The molecule has 3 nitrogen and oxygen atoms in total. The van der Waals surface area contributed by atoms with Crippen molar-refractivity contribution in [3.8, 4) is 0 Å². The number of rotatable bonds is 5. The van der Waals surface area contributed by atoms with Crippen LogP contribution in [0.25, 0.3) is 0 Å². The van der Waals surface area contributed by atoms with E-state index in [1.807, 2.05) is 0 Å². The van der Waals surface area contributed by atoms with E-state index >= 15 is 0 Å². The number of halogens is 1. The van der Waals surface area contributed by atoms with Gasteiger partial charge in [-0.25, -0.2) is 0 Å². The van der Waals surface area contributed by atoms with E-state index in [4.69, 9.17) is 5.73 Å². The first kappa shape index (κ1) is 15.7. The molecule has 0 spiro atoms. The Morgan fingerprint density at radius 1 is 1.25 bits per heavy atom. The predicted molar refractivity (Wildman–Crippen MR) is 69.7 cm³/mol. The van der Waals surface area contributed by atoms with Crippen LogP contribution in [-0.2, 0) is 4.79 Å². The molecule has 1 saturated carbocycles. The highest BCUT2D eigenvalue weighted by Gasteiger charge is 2.19. The summed E-state index contributed by atoms with van der Waals surface area (Å²) in [5.41, 5.74) is 5.31. The lowest BCUT2D eigenvalue weighted by Crippen LogP contribution is -2.32. The summed E-state index contributed by atoms with van der Waals surface area (Å²) in [6, 6.07) is 0. The predicted octanol–water partition coefficient (Wildman–Crippen LogP) is 2.09. The lowest BCUT2D eigenvalue weighted by Gasteiger charge is -2.27. The second-order valence-electron chi connectivity index (χ2n) is 4.64. The van der Waals surface area contributed by atoms with Crippen LogP contribution in [0.5, 0.6) is 0 Å². The number of nitrogens with one attached hydrogen (secondary N) is 1. The van der Waals surface area contributed by atoms with Gasteiger partial charge in [-0.3, -0.25) is 4.79 Å². The van der Waals surface area contributed by atoms with E-state index in [0.717, 1.165) is 12.5 Å². The van der Waals surface area contributed by atoms with Crippen LogP contribution in [0.2, 0.25) is 0 Å². The van der Waals surface area contributed by atoms with Crippen LogP contribution in [-0.4, -0.2) is 19.0 Å². The third kappa shape index (κ3) is 5.71. The van der Waals surface area contributed by atoms with E-state index in [1.165, 1.54) is 32.1 Å². The summed E-state index contributed by atoms with van der Waals surface area (Å²) in [6.45, 7) is 3.58. The molecular formula is C12H25ClN2O. The molecule has 0 atom stereocenters. The van der Waals surface area contributed by atoms with Crippen LogP contribution in [0.4, 0.5) is 0 Å². The highest BCUT2D eigenvalue weighted by atomic mass is 35.5. The molecule has 0 heterocycles. The molecule has 0 saturated heterocycles. The van der Waals surface area contributed by atoms with Crippen LogP contribution in [0.1, 0.15) is 45.4 Å². The fourth-order valence-corrected chi connectivity index (χ4v) is 2.32. The molecule has 0 aliphatic heterocycles. The van der Waals surface area contributed by atoms with E-state index in [1.54, 1.807) is 0 Å². The molecule has 4 heteroatoms. The lowest BCUT2D eigenvalue weighted by atomic mass is 9.81. The van der Waals surface area contributed by atoms with Gasteiger partial charge < -0.3 is 11.1 Å². The zero-order valence-corrected chi connectivity index (χ0v) is 11.0. The van der Waals surface area contributed by atoms with E-state index in [0.29, 0.717) is 18.9 Å². The SMILES string of the molecule is CCC1CCC(CNC(=O)CCN)CC1.Cl. The van der Waals surface area contributed by atoms with E-state index in [9.17, 15) is 4.79 Å². The monoisotopic (exact) mass is 248 g/mol. The molecule has 96 valence electrons. The first-order chi connectivity index (χ1) is 7.26. The van der Waals surface area contributed by atoms with Crippen LogP contribution in [0.3, 0.4) is 0 Å². The molecule has 0 aromatic carbocycles. The summed E-state index contributed by atoms with van der Waals surface area (Å²) >= 11 is 0. The maximum absolute atomic E-state index is 11.2. The largest absolute Gasteiger partial charge is 0.356 e. The van der Waals surface area contributed by atoms with Gasteiger partial charge in [0.25, 0.3) is 0 Å². The Labute approximate surface area is 105 Å². The molecule has 3 N–H and O–H groups in total. The van der Waals surface area contributed by atoms with E-state index in [-0.39, 0.29) is 18.3 Å². The van der Waals surface area contributed by atoms with Crippen LogP contribution < -0.4 is 11.1 Å². The zero-order chi connectivity index (χ0) is 11.1. The second-order valence-corrected chi connectivity index (χ2v) is 4.64. The smallest absolute Gasteiger partial charge is 0.221 e. The minimum absolute atomic E-state index is 0. The van der Waals surface area contributed by atoms with Crippen molar-refractivity contribution < 1.29 is 4.79 Å². The summed E-state index contributed by atoms with van der Waals surface area (Å²) in [7, 11) is 0. The van der Waals surface area contributed by atoms with Gasteiger partial charge in [0.15, 0.2) is 0 Å². The fraction of sp³-hybridized carbons (Fsp3) is 0.917. The Morgan fingerprint density at radius 3 is 2.31 bits per heavy atom. The van der Waals surface area contributed by atoms with Crippen molar-refractivity contribution in [3.05, 3.63) is 0 Å². The summed E-state index contributed by atoms with van der Waals surface area (Å²) in [4.78, 5) is 11.2.